The van der Waals surface area contributed by atoms with E-state index in [0.717, 1.165) is 27.6 Å². The van der Waals surface area contributed by atoms with Gasteiger partial charge in [-0.15, -0.1) is 0 Å². The molecule has 0 fully saturated rings. The maximum atomic E-state index is 11.5. The second kappa shape index (κ2) is 4.68. The highest BCUT2D eigenvalue weighted by Gasteiger charge is 2.06. The number of benzene rings is 1. The van der Waals surface area contributed by atoms with Crippen LogP contribution in [0, 0.1) is 0 Å². The van der Waals surface area contributed by atoms with Gasteiger partial charge in [0.05, 0.1) is 24.1 Å². The monoisotopic (exact) mass is 255 g/mol. The Morgan fingerprint density at radius 1 is 1.26 bits per heavy atom. The number of H-pyrrole nitrogens is 1. The number of hydrogen-bond donors (Lipinski definition) is 1. The summed E-state index contributed by atoms with van der Waals surface area (Å²) >= 11 is 0. The van der Waals surface area contributed by atoms with E-state index in [0.29, 0.717) is 6.61 Å². The van der Waals surface area contributed by atoms with Gasteiger partial charge in [-0.2, -0.15) is 0 Å². The van der Waals surface area contributed by atoms with Crippen LogP contribution < -0.4 is 0 Å². The molecule has 3 aromatic rings. The number of carbonyl (C=O) groups is 1. The van der Waals surface area contributed by atoms with Crippen molar-refractivity contribution in [2.45, 2.75) is 13.3 Å². The summed E-state index contributed by atoms with van der Waals surface area (Å²) in [7, 11) is 0. The summed E-state index contributed by atoms with van der Waals surface area (Å²) in [6, 6.07) is 7.77. The SMILES string of the molecule is CCOC(=O)Cc1ccc2cc3ncnc3cc2[nH]1. The molecule has 0 atom stereocenters. The third-order valence-electron chi connectivity index (χ3n) is 2.94. The average Bonchev–Trinajstić information content (AvgIpc) is 2.83. The van der Waals surface area contributed by atoms with Gasteiger partial charge in [-0.3, -0.25) is 4.79 Å². The summed E-state index contributed by atoms with van der Waals surface area (Å²) in [4.78, 5) is 23.0. The summed E-state index contributed by atoms with van der Waals surface area (Å²) in [6.07, 6.45) is 1.79. The van der Waals surface area contributed by atoms with Crippen LogP contribution in [-0.2, 0) is 16.0 Å². The van der Waals surface area contributed by atoms with E-state index in [1.165, 1.54) is 0 Å². The van der Waals surface area contributed by atoms with Crippen molar-refractivity contribution in [2.75, 3.05) is 6.61 Å². The van der Waals surface area contributed by atoms with Gasteiger partial charge in [0.15, 0.2) is 0 Å². The van der Waals surface area contributed by atoms with E-state index in [1.807, 2.05) is 24.3 Å². The molecule has 0 spiro atoms. The fourth-order valence-corrected chi connectivity index (χ4v) is 2.07. The molecule has 5 heteroatoms. The van der Waals surface area contributed by atoms with Crippen molar-refractivity contribution in [3.8, 4) is 0 Å². The first-order valence-electron chi connectivity index (χ1n) is 6.14. The zero-order chi connectivity index (χ0) is 13.2. The summed E-state index contributed by atoms with van der Waals surface area (Å²) < 4.78 is 4.93. The van der Waals surface area contributed by atoms with Crippen LogP contribution >= 0.6 is 0 Å². The van der Waals surface area contributed by atoms with Gasteiger partial charge in [-0.05, 0) is 25.1 Å². The van der Waals surface area contributed by atoms with Crippen LogP contribution in [0.25, 0.3) is 21.9 Å². The van der Waals surface area contributed by atoms with Gasteiger partial charge in [-0.1, -0.05) is 6.07 Å². The summed E-state index contributed by atoms with van der Waals surface area (Å²) in [5.74, 6) is -0.229. The van der Waals surface area contributed by atoms with Crippen LogP contribution in [0.2, 0.25) is 0 Å². The minimum Gasteiger partial charge on any atom is -0.466 e. The van der Waals surface area contributed by atoms with Crippen molar-refractivity contribution in [1.82, 2.24) is 15.0 Å². The Hall–Kier alpha value is -2.43. The number of aromatic amines is 1. The second-order valence-electron chi connectivity index (χ2n) is 4.27. The number of ether oxygens (including phenoxy) is 1. The van der Waals surface area contributed by atoms with E-state index in [-0.39, 0.29) is 12.4 Å². The van der Waals surface area contributed by atoms with Crippen molar-refractivity contribution in [3.63, 3.8) is 0 Å². The first-order chi connectivity index (χ1) is 9.26. The normalized spacial score (nSPS) is 11.0. The predicted octanol–water partition coefficient (Wildman–Crippen LogP) is 2.22. The van der Waals surface area contributed by atoms with Gasteiger partial charge in [0, 0.05) is 16.6 Å². The number of rotatable bonds is 3. The van der Waals surface area contributed by atoms with Crippen molar-refractivity contribution < 1.29 is 9.53 Å². The number of pyridine rings is 1. The van der Waals surface area contributed by atoms with E-state index < -0.39 is 0 Å². The standard InChI is InChI=1S/C14H13N3O2/c1-2-19-14(18)6-10-4-3-9-5-12-13(16-8-15-12)7-11(9)17-10/h3-5,7-8,17H,2,6H2,1H3. The molecule has 0 radical (unpaired) electrons. The molecule has 0 unspecified atom stereocenters. The number of carbonyl (C=O) groups excluding carboxylic acids is 1. The molecule has 3 rings (SSSR count). The molecule has 0 amide bonds. The number of esters is 1. The quantitative estimate of drug-likeness (QED) is 0.729. The van der Waals surface area contributed by atoms with Gasteiger partial charge in [0.1, 0.15) is 6.33 Å². The Labute approximate surface area is 109 Å². The number of imidazole rings is 1. The minimum atomic E-state index is -0.229. The fourth-order valence-electron chi connectivity index (χ4n) is 2.07. The van der Waals surface area contributed by atoms with Crippen molar-refractivity contribution in [2.24, 2.45) is 0 Å². The molecule has 2 heterocycles. The van der Waals surface area contributed by atoms with Crippen LogP contribution in [0.5, 0.6) is 0 Å². The molecule has 96 valence electrons. The summed E-state index contributed by atoms with van der Waals surface area (Å²) in [5, 5.41) is 1.04. The third-order valence-corrected chi connectivity index (χ3v) is 2.94. The lowest BCUT2D eigenvalue weighted by Gasteiger charge is -2.05. The van der Waals surface area contributed by atoms with E-state index in [1.54, 1.807) is 13.3 Å². The molecule has 0 aliphatic heterocycles. The van der Waals surface area contributed by atoms with Crippen LogP contribution in [0.15, 0.2) is 30.6 Å². The minimum absolute atomic E-state index is 0.229. The Morgan fingerprint density at radius 2 is 2.05 bits per heavy atom. The Balaban J connectivity index is 1.99. The van der Waals surface area contributed by atoms with Crippen LogP contribution in [-0.4, -0.2) is 27.5 Å². The van der Waals surface area contributed by atoms with Crippen LogP contribution in [0.1, 0.15) is 12.6 Å². The lowest BCUT2D eigenvalue weighted by Crippen LogP contribution is -2.08. The molecule has 1 N–H and O–H groups in total. The smallest absolute Gasteiger partial charge is 0.311 e. The molecule has 0 saturated carbocycles. The average molecular weight is 255 g/mol. The molecule has 2 aromatic heterocycles. The second-order valence-corrected chi connectivity index (χ2v) is 4.27. The van der Waals surface area contributed by atoms with Gasteiger partial charge in [0.2, 0.25) is 0 Å². The lowest BCUT2D eigenvalue weighted by atomic mass is 10.1. The first kappa shape index (κ1) is 11.6. The van der Waals surface area contributed by atoms with Gasteiger partial charge in [0.25, 0.3) is 0 Å². The lowest BCUT2D eigenvalue weighted by molar-refractivity contribution is -0.142. The maximum absolute atomic E-state index is 11.5. The molecule has 5 nitrogen and oxygen atoms in total. The highest BCUT2D eigenvalue weighted by atomic mass is 16.5. The van der Waals surface area contributed by atoms with Crippen molar-refractivity contribution in [1.29, 1.82) is 0 Å². The molecular formula is C14H13N3O2. The van der Waals surface area contributed by atoms with Gasteiger partial charge >= 0.3 is 5.97 Å². The molecule has 1 aromatic carbocycles. The maximum Gasteiger partial charge on any atom is 0.311 e. The Kier molecular flexibility index (Phi) is 2.87. The number of aromatic nitrogens is 3. The molecule has 0 aliphatic rings. The van der Waals surface area contributed by atoms with E-state index in [4.69, 9.17) is 4.74 Å². The number of nitrogens with zero attached hydrogens (tertiary/aromatic N) is 2. The highest BCUT2D eigenvalue weighted by Crippen LogP contribution is 2.19. The zero-order valence-electron chi connectivity index (χ0n) is 10.5. The number of hydrogen-bond acceptors (Lipinski definition) is 4. The van der Waals surface area contributed by atoms with Crippen LogP contribution in [0.4, 0.5) is 0 Å². The van der Waals surface area contributed by atoms with Crippen molar-refractivity contribution >= 4 is 27.9 Å². The first-order valence-corrected chi connectivity index (χ1v) is 6.14. The number of nitrogens with one attached hydrogen (secondary N) is 1. The molecule has 0 aliphatic carbocycles. The largest absolute Gasteiger partial charge is 0.466 e. The molecule has 0 saturated heterocycles. The Morgan fingerprint density at radius 3 is 2.84 bits per heavy atom. The number of fused-ring (bicyclic) bond motifs is 2. The summed E-state index contributed by atoms with van der Waals surface area (Å²) in [5.41, 5.74) is 3.48. The van der Waals surface area contributed by atoms with E-state index in [9.17, 15) is 4.79 Å². The summed E-state index contributed by atoms with van der Waals surface area (Å²) in [6.45, 7) is 2.20. The highest BCUT2D eigenvalue weighted by molar-refractivity contribution is 5.93. The molecular weight excluding hydrogens is 242 g/mol. The predicted molar refractivity (Wildman–Crippen MR) is 71.7 cm³/mol. The third kappa shape index (κ3) is 2.27. The topological polar surface area (TPSA) is 67.9 Å². The molecule has 0 bridgehead atoms. The zero-order valence-corrected chi connectivity index (χ0v) is 10.5. The van der Waals surface area contributed by atoms with Gasteiger partial charge in [-0.25, -0.2) is 9.97 Å². The van der Waals surface area contributed by atoms with E-state index >= 15 is 0 Å². The van der Waals surface area contributed by atoms with Crippen molar-refractivity contribution in [3.05, 3.63) is 36.3 Å². The van der Waals surface area contributed by atoms with E-state index in [2.05, 4.69) is 15.0 Å². The molecule has 19 heavy (non-hydrogen) atoms. The Bertz CT molecular complexity index is 749. The fraction of sp³-hybridized carbons (Fsp3) is 0.214. The van der Waals surface area contributed by atoms with Crippen LogP contribution in [0.3, 0.4) is 0 Å². The van der Waals surface area contributed by atoms with Gasteiger partial charge < -0.3 is 9.72 Å².